The molecule has 5 aromatic heterocycles. The van der Waals surface area contributed by atoms with Gasteiger partial charge in [-0.05, 0) is 34.9 Å². The van der Waals surface area contributed by atoms with E-state index < -0.39 is 17.8 Å². The number of hydrogen-bond acceptors (Lipinski definition) is 9. The molecule has 3 atom stereocenters. The summed E-state index contributed by atoms with van der Waals surface area (Å²) in [6, 6.07) is 21.2. The van der Waals surface area contributed by atoms with Crippen LogP contribution < -0.4 is 33.5 Å². The standard InChI is InChI=1S/C22H21ClN4O4.C17H20N4O3/c1-25-19-16(21(29)26(2)22(25)30)18(12-6-4-3-5-7-12)27-10-13(11-28)24-17(20(19)27)14-8-9-15(23)31-14;1-19-13-9-21(8-12(18)10-22)15(11-6-4-3-5-7-11)14(13)16(23)20(2)17(19)24/h3-9,13,17,24,28H,10-11H2,1-2H3;3-7,9,12,22H,8,10,18H2,1-2H3/t13-,17+;/m0./s1. The number of nitrogens with two attached hydrogens (primary N) is 1. The van der Waals surface area contributed by atoms with Crippen molar-refractivity contribution in [1.29, 1.82) is 0 Å². The molecule has 0 saturated heterocycles. The summed E-state index contributed by atoms with van der Waals surface area (Å²) in [4.78, 5) is 51.1. The van der Waals surface area contributed by atoms with Crippen LogP contribution in [0.15, 0.2) is 103 Å². The van der Waals surface area contributed by atoms with Crippen molar-refractivity contribution in [3.63, 3.8) is 0 Å². The number of aliphatic hydroxyl groups excluding tert-OH is 2. The maximum atomic E-state index is 13.3. The predicted octanol–water partition coefficient (Wildman–Crippen LogP) is 2.03. The predicted molar refractivity (Wildman–Crippen MR) is 210 cm³/mol. The lowest BCUT2D eigenvalue weighted by atomic mass is 10.0. The lowest BCUT2D eigenvalue weighted by molar-refractivity contribution is 0.202. The third-order valence-electron chi connectivity index (χ3n) is 10.2. The first-order valence-electron chi connectivity index (χ1n) is 17.6. The zero-order valence-corrected chi connectivity index (χ0v) is 31.4. The molecular weight excluding hydrogens is 728 g/mol. The van der Waals surface area contributed by atoms with E-state index in [1.54, 1.807) is 32.4 Å². The summed E-state index contributed by atoms with van der Waals surface area (Å²) in [5.41, 5.74) is 9.31. The summed E-state index contributed by atoms with van der Waals surface area (Å²) in [7, 11) is 6.24. The second-order valence-electron chi connectivity index (χ2n) is 13.7. The first kappa shape index (κ1) is 37.6. The number of rotatable bonds is 7. The minimum atomic E-state index is -0.504. The first-order valence-corrected chi connectivity index (χ1v) is 18.0. The molecule has 1 aliphatic rings. The highest BCUT2D eigenvalue weighted by Gasteiger charge is 2.36. The normalized spacial score (nSPS) is 15.9. The number of halogens is 1. The van der Waals surface area contributed by atoms with Crippen LogP contribution in [-0.4, -0.2) is 62.9 Å². The number of aliphatic hydroxyl groups is 2. The second kappa shape index (κ2) is 14.8. The van der Waals surface area contributed by atoms with Gasteiger partial charge >= 0.3 is 11.4 Å². The van der Waals surface area contributed by atoms with E-state index in [0.29, 0.717) is 52.0 Å². The topological polar surface area (TPSA) is 190 Å². The molecule has 6 heterocycles. The summed E-state index contributed by atoms with van der Waals surface area (Å²) in [6.07, 6.45) is 1.75. The number of hydrogen-bond donors (Lipinski definition) is 4. The van der Waals surface area contributed by atoms with Crippen LogP contribution in [-0.2, 0) is 41.3 Å². The van der Waals surface area contributed by atoms with Gasteiger partial charge in [-0.3, -0.25) is 33.2 Å². The monoisotopic (exact) mass is 768 g/mol. The fraction of sp³-hybridized carbons (Fsp3) is 0.282. The van der Waals surface area contributed by atoms with Crippen molar-refractivity contribution >= 4 is 33.4 Å². The number of aryl methyl sites for hydroxylation is 2. The highest BCUT2D eigenvalue weighted by molar-refractivity contribution is 6.28. The van der Waals surface area contributed by atoms with E-state index >= 15 is 0 Å². The quantitative estimate of drug-likeness (QED) is 0.188. The maximum absolute atomic E-state index is 13.3. The average molecular weight is 769 g/mol. The number of fused-ring (bicyclic) bond motifs is 4. The minimum Gasteiger partial charge on any atom is -0.448 e. The molecule has 0 amide bonds. The Hall–Kier alpha value is -5.71. The van der Waals surface area contributed by atoms with Crippen LogP contribution in [0.2, 0.25) is 5.22 Å². The van der Waals surface area contributed by atoms with Crippen LogP contribution in [0.5, 0.6) is 0 Å². The lowest BCUT2D eigenvalue weighted by Gasteiger charge is -2.32. The molecule has 0 fully saturated rings. The molecule has 0 bridgehead atoms. The molecule has 286 valence electrons. The molecule has 2 aromatic carbocycles. The number of furan rings is 1. The summed E-state index contributed by atoms with van der Waals surface area (Å²) in [5.74, 6) is 0.538. The fourth-order valence-electron chi connectivity index (χ4n) is 7.47. The number of benzene rings is 2. The Morgan fingerprint density at radius 2 is 1.38 bits per heavy atom. The Labute approximate surface area is 318 Å². The number of aromatic nitrogens is 6. The zero-order chi connectivity index (χ0) is 39.3. The molecule has 0 saturated carbocycles. The van der Waals surface area contributed by atoms with Gasteiger partial charge in [0.2, 0.25) is 0 Å². The molecular formula is C39H41ClN8O7. The van der Waals surface area contributed by atoms with E-state index in [0.717, 1.165) is 26.0 Å². The van der Waals surface area contributed by atoms with Crippen molar-refractivity contribution in [2.24, 2.45) is 33.9 Å². The Morgan fingerprint density at radius 3 is 1.95 bits per heavy atom. The van der Waals surface area contributed by atoms with Gasteiger partial charge in [0.15, 0.2) is 5.22 Å². The summed E-state index contributed by atoms with van der Waals surface area (Å²) in [5, 5.41) is 23.8. The van der Waals surface area contributed by atoms with Crippen molar-refractivity contribution in [2.75, 3.05) is 13.2 Å². The summed E-state index contributed by atoms with van der Waals surface area (Å²) >= 11 is 6.04. The molecule has 0 spiro atoms. The first-order chi connectivity index (χ1) is 26.4. The molecule has 7 aromatic rings. The van der Waals surface area contributed by atoms with E-state index in [2.05, 4.69) is 5.32 Å². The van der Waals surface area contributed by atoms with Gasteiger partial charge in [0.05, 0.1) is 52.1 Å². The Morgan fingerprint density at radius 1 is 0.800 bits per heavy atom. The van der Waals surface area contributed by atoms with Crippen LogP contribution in [0, 0.1) is 0 Å². The Balaban J connectivity index is 0.000000175. The van der Waals surface area contributed by atoms with Crippen LogP contribution in [0.4, 0.5) is 0 Å². The fourth-order valence-corrected chi connectivity index (χ4v) is 7.62. The maximum Gasteiger partial charge on any atom is 0.331 e. The molecule has 0 radical (unpaired) electrons. The van der Waals surface area contributed by atoms with Crippen LogP contribution in [0.25, 0.3) is 44.3 Å². The van der Waals surface area contributed by atoms with E-state index in [-0.39, 0.29) is 41.3 Å². The number of nitrogens with zero attached hydrogens (tertiary/aromatic N) is 6. The zero-order valence-electron chi connectivity index (χ0n) is 30.6. The highest BCUT2D eigenvalue weighted by atomic mass is 35.5. The molecule has 5 N–H and O–H groups in total. The van der Waals surface area contributed by atoms with Gasteiger partial charge in [0.1, 0.15) is 11.8 Å². The third kappa shape index (κ3) is 6.39. The van der Waals surface area contributed by atoms with Gasteiger partial charge < -0.3 is 29.5 Å². The number of nitrogens with one attached hydrogen (secondary N) is 1. The molecule has 1 unspecified atom stereocenters. The van der Waals surface area contributed by atoms with Gasteiger partial charge in [-0.15, -0.1) is 0 Å². The van der Waals surface area contributed by atoms with Gasteiger partial charge in [0.25, 0.3) is 11.1 Å². The SMILES string of the molecule is Cn1c(=O)c2c(-c3ccccc3)n(CC(N)CO)cc2n(C)c1=O.Cn1c(=O)c2c(-c3ccccc3)n3c(c2n(C)c1=O)[C@@H](c1ccc(Cl)o1)N[C@H](CO)C3. The summed E-state index contributed by atoms with van der Waals surface area (Å²) < 4.78 is 14.7. The van der Waals surface area contributed by atoms with E-state index in [4.69, 9.17) is 21.8 Å². The molecule has 55 heavy (non-hydrogen) atoms. The lowest BCUT2D eigenvalue weighted by Crippen LogP contribution is -2.45. The van der Waals surface area contributed by atoms with Crippen molar-refractivity contribution in [2.45, 2.75) is 31.2 Å². The van der Waals surface area contributed by atoms with Crippen molar-refractivity contribution in [1.82, 2.24) is 32.7 Å². The minimum absolute atomic E-state index is 0.107. The van der Waals surface area contributed by atoms with E-state index in [1.165, 1.54) is 23.2 Å². The van der Waals surface area contributed by atoms with Gasteiger partial charge in [-0.1, -0.05) is 60.7 Å². The van der Waals surface area contributed by atoms with Gasteiger partial charge in [0, 0.05) is 59.6 Å². The smallest absolute Gasteiger partial charge is 0.331 e. The van der Waals surface area contributed by atoms with Crippen LogP contribution >= 0.6 is 11.6 Å². The van der Waals surface area contributed by atoms with E-state index in [1.807, 2.05) is 69.8 Å². The Bertz CT molecular complexity index is 2790. The van der Waals surface area contributed by atoms with Crippen LogP contribution in [0.1, 0.15) is 17.5 Å². The van der Waals surface area contributed by atoms with Crippen molar-refractivity contribution in [3.8, 4) is 22.5 Å². The largest absolute Gasteiger partial charge is 0.448 e. The van der Waals surface area contributed by atoms with Gasteiger partial charge in [-0.2, -0.15) is 0 Å². The Kier molecular flexibility index (Phi) is 10.1. The molecule has 15 nitrogen and oxygen atoms in total. The molecule has 16 heteroatoms. The van der Waals surface area contributed by atoms with Crippen molar-refractivity contribution in [3.05, 3.63) is 137 Å². The average Bonchev–Trinajstić information content (AvgIpc) is 3.91. The van der Waals surface area contributed by atoms with E-state index in [9.17, 15) is 29.4 Å². The molecule has 8 rings (SSSR count). The van der Waals surface area contributed by atoms with Crippen LogP contribution in [0.3, 0.4) is 0 Å². The highest BCUT2D eigenvalue weighted by Crippen LogP contribution is 2.40. The van der Waals surface area contributed by atoms with Crippen molar-refractivity contribution < 1.29 is 14.6 Å². The molecule has 1 aliphatic heterocycles. The molecule has 0 aliphatic carbocycles. The van der Waals surface area contributed by atoms with Gasteiger partial charge in [-0.25, -0.2) is 9.59 Å². The second-order valence-corrected chi connectivity index (χ2v) is 14.0. The third-order valence-corrected chi connectivity index (χ3v) is 10.4. The summed E-state index contributed by atoms with van der Waals surface area (Å²) in [6.45, 7) is 0.490.